The summed E-state index contributed by atoms with van der Waals surface area (Å²) in [6.45, 7) is 0.437. The molecule has 1 aliphatic rings. The Balaban J connectivity index is 2.01. The van der Waals surface area contributed by atoms with Crippen molar-refractivity contribution in [2.45, 2.75) is 25.7 Å². The first-order valence-electron chi connectivity index (χ1n) is 6.22. The van der Waals surface area contributed by atoms with Gasteiger partial charge in [0.1, 0.15) is 17.3 Å². The molecule has 0 bridgehead atoms. The Kier molecular flexibility index (Phi) is 4.14. The molecule has 0 amide bonds. The van der Waals surface area contributed by atoms with Crippen molar-refractivity contribution in [1.29, 1.82) is 0 Å². The Morgan fingerprint density at radius 1 is 1.32 bits per heavy atom. The van der Waals surface area contributed by atoms with Gasteiger partial charge in [-0.05, 0) is 37.8 Å². The molecule has 102 valence electrons. The molecule has 0 saturated heterocycles. The van der Waals surface area contributed by atoms with E-state index in [9.17, 15) is 13.6 Å². The molecule has 0 atom stereocenters. The van der Waals surface area contributed by atoms with Crippen LogP contribution in [0.15, 0.2) is 23.8 Å². The topological polar surface area (TPSA) is 49.3 Å². The molecule has 2 rings (SSSR count). The van der Waals surface area contributed by atoms with Gasteiger partial charge in [-0.25, -0.2) is 13.6 Å². The summed E-state index contributed by atoms with van der Waals surface area (Å²) in [5, 5.41) is 11.4. The third-order valence-electron chi connectivity index (χ3n) is 3.17. The van der Waals surface area contributed by atoms with Gasteiger partial charge in [0.2, 0.25) is 0 Å². The monoisotopic (exact) mass is 267 g/mol. The Morgan fingerprint density at radius 2 is 2.00 bits per heavy atom. The van der Waals surface area contributed by atoms with Gasteiger partial charge in [0, 0.05) is 6.54 Å². The second-order valence-corrected chi connectivity index (χ2v) is 4.55. The van der Waals surface area contributed by atoms with Crippen LogP contribution in [0.2, 0.25) is 0 Å². The molecule has 1 aromatic carbocycles. The SMILES string of the molecule is O=C(O)c1cc(F)c(NCCC2=CCCC2)c(F)c1. The van der Waals surface area contributed by atoms with E-state index in [1.165, 1.54) is 5.57 Å². The fourth-order valence-electron chi connectivity index (χ4n) is 2.18. The highest BCUT2D eigenvalue weighted by Gasteiger charge is 2.14. The maximum absolute atomic E-state index is 13.6. The van der Waals surface area contributed by atoms with Crippen LogP contribution >= 0.6 is 0 Å². The lowest BCUT2D eigenvalue weighted by atomic mass is 10.1. The molecule has 1 aromatic rings. The lowest BCUT2D eigenvalue weighted by molar-refractivity contribution is 0.0696. The Hall–Kier alpha value is -1.91. The van der Waals surface area contributed by atoms with Crippen LogP contribution in [-0.4, -0.2) is 17.6 Å². The summed E-state index contributed by atoms with van der Waals surface area (Å²) in [5.74, 6) is -3.10. The lowest BCUT2D eigenvalue weighted by Crippen LogP contribution is -2.08. The molecule has 0 unspecified atom stereocenters. The summed E-state index contributed by atoms with van der Waals surface area (Å²) in [5.41, 5.74) is 0.651. The minimum absolute atomic E-state index is 0.261. The third-order valence-corrected chi connectivity index (χ3v) is 3.17. The standard InChI is InChI=1S/C14H15F2NO2/c15-11-7-10(14(18)19)8-12(16)13(11)17-6-5-9-3-1-2-4-9/h3,7-8,17H,1-2,4-6H2,(H,18,19). The van der Waals surface area contributed by atoms with Crippen molar-refractivity contribution < 1.29 is 18.7 Å². The number of hydrogen-bond donors (Lipinski definition) is 2. The number of carboxylic acids is 1. The van der Waals surface area contributed by atoms with Gasteiger partial charge in [-0.15, -0.1) is 0 Å². The molecule has 5 heteroatoms. The average molecular weight is 267 g/mol. The molecule has 0 aliphatic heterocycles. The fourth-order valence-corrected chi connectivity index (χ4v) is 2.18. The van der Waals surface area contributed by atoms with E-state index in [-0.39, 0.29) is 11.3 Å². The molecule has 19 heavy (non-hydrogen) atoms. The first-order chi connectivity index (χ1) is 9.08. The number of carboxylic acid groups (broad SMARTS) is 1. The van der Waals surface area contributed by atoms with Crippen LogP contribution in [0, 0.1) is 11.6 Å². The molecule has 1 aliphatic carbocycles. The summed E-state index contributed by atoms with van der Waals surface area (Å²) < 4.78 is 27.2. The third kappa shape index (κ3) is 3.30. The molecular weight excluding hydrogens is 252 g/mol. The molecule has 0 fully saturated rings. The molecule has 0 heterocycles. The van der Waals surface area contributed by atoms with E-state index in [2.05, 4.69) is 11.4 Å². The molecular formula is C14H15F2NO2. The quantitative estimate of drug-likeness (QED) is 0.802. The number of anilines is 1. The minimum Gasteiger partial charge on any atom is -0.478 e. The maximum Gasteiger partial charge on any atom is 0.335 e. The van der Waals surface area contributed by atoms with Gasteiger partial charge < -0.3 is 10.4 Å². The normalized spacial score (nSPS) is 14.3. The van der Waals surface area contributed by atoms with Crippen molar-refractivity contribution >= 4 is 11.7 Å². The summed E-state index contributed by atoms with van der Waals surface area (Å²) >= 11 is 0. The van der Waals surface area contributed by atoms with Crippen LogP contribution in [0.5, 0.6) is 0 Å². The predicted octanol–water partition coefficient (Wildman–Crippen LogP) is 3.58. The van der Waals surface area contributed by atoms with Crippen LogP contribution in [-0.2, 0) is 0 Å². The highest BCUT2D eigenvalue weighted by molar-refractivity contribution is 5.88. The number of nitrogens with one attached hydrogen (secondary N) is 1. The summed E-state index contributed by atoms with van der Waals surface area (Å²) in [4.78, 5) is 10.6. The van der Waals surface area contributed by atoms with Gasteiger partial charge in [-0.1, -0.05) is 11.6 Å². The number of aromatic carboxylic acids is 1. The first kappa shape index (κ1) is 13.5. The average Bonchev–Trinajstić information content (AvgIpc) is 2.85. The number of hydrogen-bond acceptors (Lipinski definition) is 2. The van der Waals surface area contributed by atoms with E-state index in [0.717, 1.165) is 37.8 Å². The second-order valence-electron chi connectivity index (χ2n) is 4.55. The van der Waals surface area contributed by atoms with E-state index in [1.807, 2.05) is 0 Å². The van der Waals surface area contributed by atoms with Crippen molar-refractivity contribution in [2.24, 2.45) is 0 Å². The van der Waals surface area contributed by atoms with Gasteiger partial charge in [-0.3, -0.25) is 0 Å². The summed E-state index contributed by atoms with van der Waals surface area (Å²) in [6, 6.07) is 1.64. The maximum atomic E-state index is 13.6. The van der Waals surface area contributed by atoms with E-state index in [4.69, 9.17) is 5.11 Å². The molecule has 0 spiro atoms. The zero-order chi connectivity index (χ0) is 13.8. The van der Waals surface area contributed by atoms with Crippen LogP contribution in [0.1, 0.15) is 36.0 Å². The van der Waals surface area contributed by atoms with Crippen molar-refractivity contribution in [2.75, 3.05) is 11.9 Å². The van der Waals surface area contributed by atoms with Gasteiger partial charge in [-0.2, -0.15) is 0 Å². The molecule has 2 N–H and O–H groups in total. The summed E-state index contributed by atoms with van der Waals surface area (Å²) in [7, 11) is 0. The number of benzene rings is 1. The van der Waals surface area contributed by atoms with Crippen molar-refractivity contribution in [3.05, 3.63) is 41.0 Å². The molecule has 0 saturated carbocycles. The van der Waals surface area contributed by atoms with Crippen LogP contribution in [0.3, 0.4) is 0 Å². The zero-order valence-electron chi connectivity index (χ0n) is 10.4. The van der Waals surface area contributed by atoms with Crippen LogP contribution in [0.25, 0.3) is 0 Å². The van der Waals surface area contributed by atoms with E-state index >= 15 is 0 Å². The number of allylic oxidation sites excluding steroid dienone is 1. The van der Waals surface area contributed by atoms with Gasteiger partial charge >= 0.3 is 5.97 Å². The second kappa shape index (κ2) is 5.82. The van der Waals surface area contributed by atoms with E-state index in [0.29, 0.717) is 6.54 Å². The van der Waals surface area contributed by atoms with Gasteiger partial charge in [0.25, 0.3) is 0 Å². The van der Waals surface area contributed by atoms with Crippen molar-refractivity contribution in [1.82, 2.24) is 0 Å². The van der Waals surface area contributed by atoms with Crippen LogP contribution < -0.4 is 5.32 Å². The van der Waals surface area contributed by atoms with Crippen LogP contribution in [0.4, 0.5) is 14.5 Å². The molecule has 0 radical (unpaired) electrons. The lowest BCUT2D eigenvalue weighted by Gasteiger charge is -2.10. The largest absolute Gasteiger partial charge is 0.478 e. The highest BCUT2D eigenvalue weighted by Crippen LogP contribution is 2.23. The highest BCUT2D eigenvalue weighted by atomic mass is 19.1. The molecule has 0 aromatic heterocycles. The number of carbonyl (C=O) groups is 1. The summed E-state index contributed by atoms with van der Waals surface area (Å²) in [6.07, 6.45) is 6.17. The Morgan fingerprint density at radius 3 is 2.53 bits per heavy atom. The predicted molar refractivity (Wildman–Crippen MR) is 68.4 cm³/mol. The number of rotatable bonds is 5. The minimum atomic E-state index is -1.35. The number of halogens is 2. The van der Waals surface area contributed by atoms with E-state index in [1.54, 1.807) is 0 Å². The molecule has 3 nitrogen and oxygen atoms in total. The van der Waals surface area contributed by atoms with Crippen molar-refractivity contribution in [3.63, 3.8) is 0 Å². The zero-order valence-corrected chi connectivity index (χ0v) is 10.4. The first-order valence-corrected chi connectivity index (χ1v) is 6.22. The fraction of sp³-hybridized carbons (Fsp3) is 0.357. The Labute approximate surface area is 109 Å². The van der Waals surface area contributed by atoms with Crippen molar-refractivity contribution in [3.8, 4) is 0 Å². The van der Waals surface area contributed by atoms with Gasteiger partial charge in [0.05, 0.1) is 5.56 Å². The smallest absolute Gasteiger partial charge is 0.335 e. The van der Waals surface area contributed by atoms with Gasteiger partial charge in [0.15, 0.2) is 0 Å². The van der Waals surface area contributed by atoms with E-state index < -0.39 is 17.6 Å². The Bertz CT molecular complexity index is 503.